The molecule has 0 aromatic rings. The molecule has 0 atom stereocenters. The Morgan fingerprint density at radius 2 is 1.64 bits per heavy atom. The largest absolute Gasteiger partial charge is 0.396 e. The van der Waals surface area contributed by atoms with Gasteiger partial charge >= 0.3 is 0 Å². The van der Waals surface area contributed by atoms with Gasteiger partial charge in [-0.2, -0.15) is 0 Å². The van der Waals surface area contributed by atoms with Crippen molar-refractivity contribution in [3.05, 3.63) is 0 Å². The van der Waals surface area contributed by atoms with E-state index in [2.05, 4.69) is 0 Å². The highest BCUT2D eigenvalue weighted by atomic mass is 19.3. The van der Waals surface area contributed by atoms with E-state index in [4.69, 9.17) is 5.11 Å². The van der Waals surface area contributed by atoms with E-state index in [0.29, 0.717) is 12.8 Å². The lowest BCUT2D eigenvalue weighted by molar-refractivity contribution is 0.00953. The van der Waals surface area contributed by atoms with Gasteiger partial charge in [0.1, 0.15) is 0 Å². The van der Waals surface area contributed by atoms with E-state index in [1.54, 1.807) is 0 Å². The van der Waals surface area contributed by atoms with Crippen LogP contribution in [0.4, 0.5) is 8.78 Å². The summed E-state index contributed by atoms with van der Waals surface area (Å²) in [4.78, 5) is 0. The van der Waals surface area contributed by atoms with Crippen molar-refractivity contribution >= 4 is 0 Å². The van der Waals surface area contributed by atoms with Gasteiger partial charge in [-0.15, -0.1) is 0 Å². The highest BCUT2D eigenvalue weighted by molar-refractivity contribution is 4.56. The Labute approximate surface area is 67.4 Å². The minimum atomic E-state index is -2.56. The monoisotopic (exact) mass is 168 g/mol. The maximum Gasteiger partial charge on any atom is 0.245 e. The molecule has 1 N–H and O–H groups in total. The molecule has 0 amide bonds. The SMILES string of the molecule is CC.CC(F)(F)CCCCO. The standard InChI is InChI=1S/C6H12F2O.C2H6/c1-6(7,8)4-2-3-5-9;1-2/h9H,2-5H2,1H3;1-2H3. The Morgan fingerprint density at radius 1 is 1.18 bits per heavy atom. The molecule has 0 aliphatic heterocycles. The maximum atomic E-state index is 12.0. The summed E-state index contributed by atoms with van der Waals surface area (Å²) in [5, 5.41) is 8.22. The fourth-order valence-electron chi connectivity index (χ4n) is 0.547. The highest BCUT2D eigenvalue weighted by Gasteiger charge is 2.19. The fraction of sp³-hybridized carbons (Fsp3) is 1.00. The number of aliphatic hydroxyl groups excluding tert-OH is 1. The highest BCUT2D eigenvalue weighted by Crippen LogP contribution is 2.19. The summed E-state index contributed by atoms with van der Waals surface area (Å²) in [7, 11) is 0. The smallest absolute Gasteiger partial charge is 0.245 e. The lowest BCUT2D eigenvalue weighted by atomic mass is 10.2. The molecule has 0 saturated carbocycles. The predicted molar refractivity (Wildman–Crippen MR) is 42.9 cm³/mol. The van der Waals surface area contributed by atoms with Gasteiger partial charge in [0.05, 0.1) is 0 Å². The average molecular weight is 168 g/mol. The lowest BCUT2D eigenvalue weighted by Crippen LogP contribution is -2.08. The van der Waals surface area contributed by atoms with E-state index in [9.17, 15) is 8.78 Å². The van der Waals surface area contributed by atoms with Crippen LogP contribution in [0.2, 0.25) is 0 Å². The Bertz CT molecular complexity index is 69.0. The van der Waals surface area contributed by atoms with Crippen molar-refractivity contribution in [3.8, 4) is 0 Å². The minimum absolute atomic E-state index is 0.0100. The van der Waals surface area contributed by atoms with E-state index in [0.717, 1.165) is 6.92 Å². The number of halogens is 2. The van der Waals surface area contributed by atoms with Crippen LogP contribution in [0, 0.1) is 0 Å². The maximum absolute atomic E-state index is 12.0. The van der Waals surface area contributed by atoms with E-state index in [1.165, 1.54) is 0 Å². The fourth-order valence-corrected chi connectivity index (χ4v) is 0.547. The third kappa shape index (κ3) is 17.7. The quantitative estimate of drug-likeness (QED) is 0.640. The topological polar surface area (TPSA) is 20.2 Å². The number of unbranched alkanes of at least 4 members (excludes halogenated alkanes) is 1. The van der Waals surface area contributed by atoms with Gasteiger partial charge in [0.25, 0.3) is 0 Å². The van der Waals surface area contributed by atoms with Gasteiger partial charge in [0.15, 0.2) is 0 Å². The van der Waals surface area contributed by atoms with E-state index < -0.39 is 5.92 Å². The molecule has 0 saturated heterocycles. The summed E-state index contributed by atoms with van der Waals surface area (Å²) in [6.07, 6.45) is 0.761. The molecule has 0 aliphatic carbocycles. The van der Waals surface area contributed by atoms with Crippen LogP contribution in [-0.2, 0) is 0 Å². The van der Waals surface area contributed by atoms with E-state index in [1.807, 2.05) is 13.8 Å². The molecule has 0 heterocycles. The summed E-state index contributed by atoms with van der Waals surface area (Å²) in [5.41, 5.74) is 0. The number of alkyl halides is 2. The van der Waals surface area contributed by atoms with Crippen LogP contribution in [-0.4, -0.2) is 17.6 Å². The van der Waals surface area contributed by atoms with Crippen molar-refractivity contribution in [3.63, 3.8) is 0 Å². The molecule has 11 heavy (non-hydrogen) atoms. The zero-order valence-electron chi connectivity index (χ0n) is 7.53. The first kappa shape index (κ1) is 13.4. The van der Waals surface area contributed by atoms with Crippen LogP contribution in [0.15, 0.2) is 0 Å². The Balaban J connectivity index is 0. The van der Waals surface area contributed by atoms with Gasteiger partial charge in [-0.25, -0.2) is 8.78 Å². The molecule has 0 aromatic heterocycles. The van der Waals surface area contributed by atoms with Gasteiger partial charge in [-0.3, -0.25) is 0 Å². The molecule has 0 aromatic carbocycles. The van der Waals surface area contributed by atoms with Crippen molar-refractivity contribution in [2.75, 3.05) is 6.61 Å². The van der Waals surface area contributed by atoms with Crippen LogP contribution < -0.4 is 0 Å². The van der Waals surface area contributed by atoms with Crippen molar-refractivity contribution < 1.29 is 13.9 Å². The molecule has 0 unspecified atom stereocenters. The Hall–Kier alpha value is -0.180. The minimum Gasteiger partial charge on any atom is -0.396 e. The molecule has 0 bridgehead atoms. The molecule has 0 radical (unpaired) electrons. The van der Waals surface area contributed by atoms with Gasteiger partial charge in [-0.1, -0.05) is 13.8 Å². The van der Waals surface area contributed by atoms with Crippen LogP contribution in [0.3, 0.4) is 0 Å². The number of hydrogen-bond donors (Lipinski definition) is 1. The third-order valence-corrected chi connectivity index (χ3v) is 1.02. The van der Waals surface area contributed by atoms with E-state index >= 15 is 0 Å². The first-order chi connectivity index (χ1) is 5.06. The summed E-state index contributed by atoms with van der Waals surface area (Å²) in [5.74, 6) is -2.56. The second-order valence-corrected chi connectivity index (χ2v) is 2.25. The molecule has 70 valence electrons. The average Bonchev–Trinajstić information content (AvgIpc) is 1.90. The molecule has 1 nitrogen and oxygen atoms in total. The summed E-state index contributed by atoms with van der Waals surface area (Å²) >= 11 is 0. The molecule has 3 heteroatoms. The van der Waals surface area contributed by atoms with Crippen molar-refractivity contribution in [1.82, 2.24) is 0 Å². The zero-order chi connectivity index (χ0) is 9.33. The van der Waals surface area contributed by atoms with Crippen molar-refractivity contribution in [2.24, 2.45) is 0 Å². The van der Waals surface area contributed by atoms with Crippen molar-refractivity contribution in [1.29, 1.82) is 0 Å². The first-order valence-electron chi connectivity index (χ1n) is 4.05. The Kier molecular flexibility index (Phi) is 9.66. The van der Waals surface area contributed by atoms with Crippen LogP contribution in [0.5, 0.6) is 0 Å². The van der Waals surface area contributed by atoms with Crippen LogP contribution in [0.25, 0.3) is 0 Å². The number of rotatable bonds is 4. The molecular weight excluding hydrogens is 150 g/mol. The van der Waals surface area contributed by atoms with Gasteiger partial charge in [-0.05, 0) is 19.8 Å². The van der Waals surface area contributed by atoms with E-state index in [-0.39, 0.29) is 13.0 Å². The van der Waals surface area contributed by atoms with Crippen molar-refractivity contribution in [2.45, 2.75) is 46.0 Å². The Morgan fingerprint density at radius 3 is 1.91 bits per heavy atom. The number of aliphatic hydroxyl groups is 1. The van der Waals surface area contributed by atoms with Gasteiger partial charge in [0.2, 0.25) is 5.92 Å². The summed E-state index contributed by atoms with van der Waals surface area (Å²) < 4.78 is 23.9. The zero-order valence-corrected chi connectivity index (χ0v) is 7.53. The molecular formula is C8H18F2O. The van der Waals surface area contributed by atoms with Gasteiger partial charge < -0.3 is 5.11 Å². The predicted octanol–water partition coefficient (Wildman–Crippen LogP) is 2.83. The van der Waals surface area contributed by atoms with Crippen LogP contribution in [0.1, 0.15) is 40.0 Å². The first-order valence-corrected chi connectivity index (χ1v) is 4.05. The van der Waals surface area contributed by atoms with Crippen LogP contribution >= 0.6 is 0 Å². The van der Waals surface area contributed by atoms with Gasteiger partial charge in [0, 0.05) is 13.0 Å². The third-order valence-electron chi connectivity index (χ3n) is 1.02. The molecule has 0 aliphatic rings. The molecule has 0 rings (SSSR count). The summed E-state index contributed by atoms with van der Waals surface area (Å²) in [6, 6.07) is 0. The number of hydrogen-bond acceptors (Lipinski definition) is 1. The molecule has 0 spiro atoms. The second kappa shape index (κ2) is 7.92. The normalized spacial score (nSPS) is 10.4. The molecule has 0 fully saturated rings. The summed E-state index contributed by atoms with van der Waals surface area (Å²) in [6.45, 7) is 4.90. The lowest BCUT2D eigenvalue weighted by Gasteiger charge is -2.07. The second-order valence-electron chi connectivity index (χ2n) is 2.25.